The number of amidine groups is 1. The fourth-order valence-electron chi connectivity index (χ4n) is 9.41. The summed E-state index contributed by atoms with van der Waals surface area (Å²) in [5.41, 5.74) is -4.34. The number of ether oxygens (including phenoxy) is 7. The van der Waals surface area contributed by atoms with Crippen molar-refractivity contribution in [1.29, 1.82) is 0 Å². The van der Waals surface area contributed by atoms with Crippen LogP contribution in [0.3, 0.4) is 0 Å². The highest BCUT2D eigenvalue weighted by Crippen LogP contribution is 2.41. The molecule has 0 aromatic rings. The van der Waals surface area contributed by atoms with Gasteiger partial charge in [0.25, 0.3) is 6.02 Å². The van der Waals surface area contributed by atoms with Crippen LogP contribution in [0.25, 0.3) is 0 Å². The van der Waals surface area contributed by atoms with E-state index < -0.39 is 96.0 Å². The number of aliphatic imine (C=N–C) groups is 1. The molecule has 56 heavy (non-hydrogen) atoms. The summed E-state index contributed by atoms with van der Waals surface area (Å²) in [5, 5.41) is 47.1. The molecule has 4 saturated heterocycles. The molecule has 15 heteroatoms. The average Bonchev–Trinajstić information content (AvgIpc) is 3.41. The van der Waals surface area contributed by atoms with Crippen molar-refractivity contribution < 1.29 is 58.4 Å². The maximum Gasteiger partial charge on any atom is 0.311 e. The van der Waals surface area contributed by atoms with Crippen molar-refractivity contribution in [3.05, 3.63) is 0 Å². The summed E-state index contributed by atoms with van der Waals surface area (Å²) in [6, 6.07) is -0.126. The van der Waals surface area contributed by atoms with Gasteiger partial charge in [-0.15, -0.1) is 0 Å². The lowest BCUT2D eigenvalue weighted by atomic mass is 9.77. The Morgan fingerprint density at radius 2 is 1.59 bits per heavy atom. The van der Waals surface area contributed by atoms with Crippen LogP contribution >= 0.6 is 0 Å². The second-order valence-corrected chi connectivity index (χ2v) is 18.4. The Balaban J connectivity index is 1.83. The molecule has 4 N–H and O–H groups in total. The lowest BCUT2D eigenvalue weighted by Crippen LogP contribution is -2.60. The molecule has 0 bridgehead atoms. The third-order valence-electron chi connectivity index (χ3n) is 12.9. The number of carbonyl (C=O) groups excluding carboxylic acids is 1. The maximum absolute atomic E-state index is 14.3. The fourth-order valence-corrected chi connectivity index (χ4v) is 9.41. The van der Waals surface area contributed by atoms with E-state index >= 15 is 0 Å². The van der Waals surface area contributed by atoms with Crippen LogP contribution in [-0.4, -0.2) is 166 Å². The number of carbonyl (C=O) groups is 1. The minimum atomic E-state index is -1.80. The third kappa shape index (κ3) is 10.0. The molecule has 0 radical (unpaired) electrons. The lowest BCUT2D eigenvalue weighted by molar-refractivity contribution is -0.313. The highest BCUT2D eigenvalue weighted by atomic mass is 16.7. The molecule has 0 spiro atoms. The number of aliphatic hydroxyl groups excluding tert-OH is 2. The van der Waals surface area contributed by atoms with Crippen molar-refractivity contribution in [2.24, 2.45) is 22.7 Å². The first-order valence-corrected chi connectivity index (χ1v) is 20.7. The molecule has 4 rings (SSSR count). The SMILES string of the molecule is CCC1OC(=O)[C@H](C)[C@@H](O[C@H]2C[C@@](C)(OC)[C@@H](O)[C@H](C)O2)[C@@H](C)[C@@H](O[C@@H]2O[C@H](C)C[C@H]3[C@H]2OC(=NC(C)C)N3C)[C@](C)(O)C[C@@H](C)CN(C)[C@H](C)[C@@H](O)[C@]1(C)O. The van der Waals surface area contributed by atoms with Gasteiger partial charge in [0.05, 0.1) is 47.6 Å². The van der Waals surface area contributed by atoms with Crippen molar-refractivity contribution in [3.63, 3.8) is 0 Å². The van der Waals surface area contributed by atoms with Gasteiger partial charge in [-0.2, -0.15) is 0 Å². The van der Waals surface area contributed by atoms with Gasteiger partial charge in [-0.25, -0.2) is 4.99 Å². The number of cyclic esters (lactones) is 1. The Labute approximate surface area is 335 Å². The number of aliphatic hydroxyl groups is 4. The predicted molar refractivity (Wildman–Crippen MR) is 210 cm³/mol. The summed E-state index contributed by atoms with van der Waals surface area (Å²) in [4.78, 5) is 23.0. The normalized spacial score (nSPS) is 48.6. The molecule has 0 aliphatic carbocycles. The highest BCUT2D eigenvalue weighted by Gasteiger charge is 2.54. The van der Waals surface area contributed by atoms with E-state index in [1.807, 2.05) is 65.4 Å². The number of hydrogen-bond acceptors (Lipinski definition) is 14. The monoisotopic (exact) mass is 802 g/mol. The third-order valence-corrected chi connectivity index (χ3v) is 12.9. The number of likely N-dealkylation sites (N-methyl/N-ethyl adjacent to an activating group) is 2. The van der Waals surface area contributed by atoms with Gasteiger partial charge in [-0.3, -0.25) is 4.79 Å². The van der Waals surface area contributed by atoms with E-state index in [0.717, 1.165) is 0 Å². The molecule has 4 fully saturated rings. The fraction of sp³-hybridized carbons (Fsp3) is 0.951. The van der Waals surface area contributed by atoms with Crippen LogP contribution in [0.1, 0.15) is 109 Å². The van der Waals surface area contributed by atoms with E-state index in [0.29, 0.717) is 19.0 Å². The minimum Gasteiger partial charge on any atom is -0.459 e. The summed E-state index contributed by atoms with van der Waals surface area (Å²) >= 11 is 0. The number of esters is 1. The van der Waals surface area contributed by atoms with Crippen LogP contribution in [-0.2, 0) is 38.0 Å². The summed E-state index contributed by atoms with van der Waals surface area (Å²) in [6.45, 7) is 22.3. The summed E-state index contributed by atoms with van der Waals surface area (Å²) in [5.74, 6) is -2.50. The zero-order valence-corrected chi connectivity index (χ0v) is 36.7. The molecular weight excluding hydrogens is 726 g/mol. The van der Waals surface area contributed by atoms with Crippen molar-refractivity contribution in [2.75, 3.05) is 27.7 Å². The second kappa shape index (κ2) is 18.3. The van der Waals surface area contributed by atoms with Gasteiger partial charge in [0.2, 0.25) is 0 Å². The Bertz CT molecular complexity index is 1330. The molecule has 18 atom stereocenters. The minimum absolute atomic E-state index is 0.000679. The number of rotatable bonds is 7. The first kappa shape index (κ1) is 47.0. The van der Waals surface area contributed by atoms with E-state index in [1.54, 1.807) is 34.6 Å². The van der Waals surface area contributed by atoms with Gasteiger partial charge in [0.15, 0.2) is 18.7 Å². The number of hydrogen-bond donors (Lipinski definition) is 4. The van der Waals surface area contributed by atoms with E-state index in [4.69, 9.17) is 38.2 Å². The van der Waals surface area contributed by atoms with Gasteiger partial charge in [0.1, 0.15) is 23.9 Å². The van der Waals surface area contributed by atoms with E-state index in [9.17, 15) is 25.2 Å². The molecular formula is C41H75N3O12. The quantitative estimate of drug-likeness (QED) is 0.276. The molecule has 0 aromatic heterocycles. The van der Waals surface area contributed by atoms with Gasteiger partial charge < -0.3 is 63.4 Å². The topological polar surface area (TPSA) is 181 Å². The molecule has 0 aromatic carbocycles. The van der Waals surface area contributed by atoms with Crippen LogP contribution in [0.15, 0.2) is 4.99 Å². The van der Waals surface area contributed by atoms with E-state index in [1.165, 1.54) is 14.0 Å². The number of methoxy groups -OCH3 is 1. The summed E-state index contributed by atoms with van der Waals surface area (Å²) in [6.07, 6.45) is -7.20. The van der Waals surface area contributed by atoms with Crippen LogP contribution in [0.2, 0.25) is 0 Å². The molecule has 326 valence electrons. The standard InChI is InChI=1S/C41H75N3O12/c1-16-29-41(12,49)33(45)26(8)43(13)20-22(4)18-39(10,48)35(56-37-32-28(17-23(5)51-37)44(14)38(55-32)42-21(2)3)24(6)31(25(7)36(47)53-29)54-30-19-40(11,50-15)34(46)27(9)52-30/h21-35,37,45-46,48-49H,16-20H2,1-15H3/t22-,23-,24-,25-,26-,27+,28+,29?,30+,31+,32-,33-,34+,35-,37+,39-,40-,41-/m1/s1. The maximum atomic E-state index is 14.3. The molecule has 4 aliphatic rings. The smallest absolute Gasteiger partial charge is 0.311 e. The zero-order chi connectivity index (χ0) is 42.2. The zero-order valence-electron chi connectivity index (χ0n) is 36.7. The van der Waals surface area contributed by atoms with Crippen molar-refractivity contribution in [1.82, 2.24) is 9.80 Å². The lowest BCUT2D eigenvalue weighted by Gasteiger charge is -2.48. The highest BCUT2D eigenvalue weighted by molar-refractivity contribution is 5.76. The Hall–Kier alpha value is -1.66. The van der Waals surface area contributed by atoms with Gasteiger partial charge in [0, 0.05) is 45.1 Å². The largest absolute Gasteiger partial charge is 0.459 e. The first-order chi connectivity index (χ1) is 25.9. The first-order valence-electron chi connectivity index (χ1n) is 20.7. The Morgan fingerprint density at radius 1 is 0.946 bits per heavy atom. The molecule has 1 unspecified atom stereocenters. The molecule has 4 heterocycles. The van der Waals surface area contributed by atoms with Crippen molar-refractivity contribution >= 4 is 12.0 Å². The van der Waals surface area contributed by atoms with Gasteiger partial charge in [-0.05, 0) is 94.5 Å². The average molecular weight is 802 g/mol. The summed E-state index contributed by atoms with van der Waals surface area (Å²) < 4.78 is 44.8. The van der Waals surface area contributed by atoms with Gasteiger partial charge in [-0.1, -0.05) is 20.8 Å². The Kier molecular flexibility index (Phi) is 15.4. The van der Waals surface area contributed by atoms with Crippen LogP contribution in [0.5, 0.6) is 0 Å². The molecule has 15 nitrogen and oxygen atoms in total. The van der Waals surface area contributed by atoms with Crippen LogP contribution < -0.4 is 0 Å². The predicted octanol–water partition coefficient (Wildman–Crippen LogP) is 3.07. The molecule has 4 aliphatic heterocycles. The summed E-state index contributed by atoms with van der Waals surface area (Å²) in [7, 11) is 5.34. The van der Waals surface area contributed by atoms with Crippen LogP contribution in [0.4, 0.5) is 0 Å². The van der Waals surface area contributed by atoms with E-state index in [-0.39, 0.29) is 43.4 Å². The Morgan fingerprint density at radius 3 is 2.18 bits per heavy atom. The van der Waals surface area contributed by atoms with Crippen molar-refractivity contribution in [2.45, 2.75) is 205 Å². The number of fused-ring (bicyclic) bond motifs is 1. The van der Waals surface area contributed by atoms with E-state index in [2.05, 4.69) is 0 Å². The second-order valence-electron chi connectivity index (χ2n) is 18.4. The van der Waals surface area contributed by atoms with Gasteiger partial charge >= 0.3 is 5.97 Å². The number of nitrogens with zero attached hydrogens (tertiary/aromatic N) is 3. The van der Waals surface area contributed by atoms with Crippen LogP contribution in [0, 0.1) is 17.8 Å². The molecule has 0 saturated carbocycles. The van der Waals surface area contributed by atoms with Crippen molar-refractivity contribution in [3.8, 4) is 0 Å². The molecule has 0 amide bonds.